The largest absolute Gasteiger partial charge is 0.482 e. The molecule has 1 unspecified atom stereocenters. The molecule has 4 rings (SSSR count). The van der Waals surface area contributed by atoms with Gasteiger partial charge in [-0.15, -0.1) is 0 Å². The van der Waals surface area contributed by atoms with Crippen LogP contribution in [0.4, 0.5) is 5.69 Å². The SMILES string of the molecule is CCc1ccc(C(NC(=O)Cc2ccc3c(c2)OCC(=O)N3)c2ccc(C)cc2C)o1. The van der Waals surface area contributed by atoms with Gasteiger partial charge in [-0.05, 0) is 54.8 Å². The first-order valence-corrected chi connectivity index (χ1v) is 10.4. The van der Waals surface area contributed by atoms with Gasteiger partial charge in [0.1, 0.15) is 23.3 Å². The number of ether oxygens (including phenoxy) is 1. The van der Waals surface area contributed by atoms with Gasteiger partial charge in [-0.25, -0.2) is 0 Å². The second kappa shape index (κ2) is 8.68. The number of hydrogen-bond acceptors (Lipinski definition) is 4. The molecule has 0 saturated carbocycles. The van der Waals surface area contributed by atoms with E-state index in [1.165, 1.54) is 5.56 Å². The summed E-state index contributed by atoms with van der Waals surface area (Å²) < 4.78 is 11.5. The lowest BCUT2D eigenvalue weighted by Gasteiger charge is -2.21. The average molecular weight is 418 g/mol. The molecule has 0 saturated heterocycles. The highest BCUT2D eigenvalue weighted by Gasteiger charge is 2.23. The van der Waals surface area contributed by atoms with E-state index < -0.39 is 0 Å². The highest BCUT2D eigenvalue weighted by Crippen LogP contribution is 2.30. The van der Waals surface area contributed by atoms with Gasteiger partial charge in [-0.1, -0.05) is 36.8 Å². The summed E-state index contributed by atoms with van der Waals surface area (Å²) in [7, 11) is 0. The van der Waals surface area contributed by atoms with Gasteiger partial charge in [0.25, 0.3) is 5.91 Å². The van der Waals surface area contributed by atoms with Crippen molar-refractivity contribution in [1.82, 2.24) is 5.32 Å². The molecule has 2 N–H and O–H groups in total. The summed E-state index contributed by atoms with van der Waals surface area (Å²) in [6.45, 7) is 6.11. The summed E-state index contributed by atoms with van der Waals surface area (Å²) in [4.78, 5) is 24.4. The third-order valence-electron chi connectivity index (χ3n) is 5.40. The van der Waals surface area contributed by atoms with Crippen molar-refractivity contribution in [2.24, 2.45) is 0 Å². The molecule has 31 heavy (non-hydrogen) atoms. The molecule has 0 aliphatic carbocycles. The number of hydrogen-bond donors (Lipinski definition) is 2. The van der Waals surface area contributed by atoms with Crippen LogP contribution in [0.15, 0.2) is 52.9 Å². The zero-order valence-electron chi connectivity index (χ0n) is 18.0. The maximum absolute atomic E-state index is 13.0. The second-order valence-corrected chi connectivity index (χ2v) is 7.86. The maximum Gasteiger partial charge on any atom is 0.262 e. The summed E-state index contributed by atoms with van der Waals surface area (Å²) in [5.74, 6) is 1.87. The first-order valence-electron chi connectivity index (χ1n) is 10.4. The molecule has 1 atom stereocenters. The molecule has 0 spiro atoms. The van der Waals surface area contributed by atoms with Crippen LogP contribution in [-0.2, 0) is 22.4 Å². The Kier molecular flexibility index (Phi) is 5.80. The molecule has 2 heterocycles. The van der Waals surface area contributed by atoms with E-state index in [9.17, 15) is 9.59 Å². The van der Waals surface area contributed by atoms with Crippen LogP contribution in [0, 0.1) is 13.8 Å². The van der Waals surface area contributed by atoms with Crippen molar-refractivity contribution < 1.29 is 18.7 Å². The Balaban J connectivity index is 1.56. The predicted molar refractivity (Wildman–Crippen MR) is 118 cm³/mol. The van der Waals surface area contributed by atoms with Gasteiger partial charge in [-0.2, -0.15) is 0 Å². The number of nitrogens with one attached hydrogen (secondary N) is 2. The lowest BCUT2D eigenvalue weighted by Crippen LogP contribution is -2.31. The molecule has 2 amide bonds. The van der Waals surface area contributed by atoms with Crippen molar-refractivity contribution in [2.45, 2.75) is 39.7 Å². The quantitative estimate of drug-likeness (QED) is 0.628. The van der Waals surface area contributed by atoms with Crippen LogP contribution in [0.1, 0.15) is 46.7 Å². The Hall–Kier alpha value is -3.54. The summed E-state index contributed by atoms with van der Waals surface area (Å²) >= 11 is 0. The molecular formula is C25H26N2O4. The highest BCUT2D eigenvalue weighted by molar-refractivity contribution is 5.95. The molecule has 2 aromatic carbocycles. The molecule has 160 valence electrons. The molecule has 1 aromatic heterocycles. The number of aryl methyl sites for hydroxylation is 3. The fraction of sp³-hybridized carbons (Fsp3) is 0.280. The third-order valence-corrected chi connectivity index (χ3v) is 5.40. The smallest absolute Gasteiger partial charge is 0.262 e. The second-order valence-electron chi connectivity index (χ2n) is 7.86. The Labute approximate surface area is 181 Å². The van der Waals surface area contributed by atoms with E-state index in [0.29, 0.717) is 17.2 Å². The molecule has 1 aliphatic rings. The minimum Gasteiger partial charge on any atom is -0.482 e. The summed E-state index contributed by atoms with van der Waals surface area (Å²) in [5.41, 5.74) is 4.70. The molecule has 6 heteroatoms. The topological polar surface area (TPSA) is 80.6 Å². The van der Waals surface area contributed by atoms with Crippen LogP contribution >= 0.6 is 0 Å². The van der Waals surface area contributed by atoms with Crippen LogP contribution in [-0.4, -0.2) is 18.4 Å². The molecular weight excluding hydrogens is 392 g/mol. The van der Waals surface area contributed by atoms with Gasteiger partial charge in [0.05, 0.1) is 12.1 Å². The van der Waals surface area contributed by atoms with Crippen LogP contribution in [0.25, 0.3) is 0 Å². The van der Waals surface area contributed by atoms with Crippen molar-refractivity contribution in [3.8, 4) is 5.75 Å². The van der Waals surface area contributed by atoms with Crippen molar-refractivity contribution in [3.63, 3.8) is 0 Å². The molecule has 3 aromatic rings. The number of carbonyl (C=O) groups is 2. The van der Waals surface area contributed by atoms with Crippen molar-refractivity contribution in [2.75, 3.05) is 11.9 Å². The van der Waals surface area contributed by atoms with Crippen LogP contribution in [0.5, 0.6) is 5.75 Å². The summed E-state index contributed by atoms with van der Waals surface area (Å²) in [6.07, 6.45) is 0.979. The van der Waals surface area contributed by atoms with Gasteiger partial charge >= 0.3 is 0 Å². The maximum atomic E-state index is 13.0. The van der Waals surface area contributed by atoms with E-state index in [-0.39, 0.29) is 30.9 Å². The lowest BCUT2D eigenvalue weighted by molar-refractivity contribution is -0.121. The molecule has 0 bridgehead atoms. The Morgan fingerprint density at radius 2 is 1.97 bits per heavy atom. The van der Waals surface area contributed by atoms with Gasteiger partial charge in [0, 0.05) is 6.42 Å². The summed E-state index contributed by atoms with van der Waals surface area (Å²) in [5, 5.41) is 5.90. The van der Waals surface area contributed by atoms with Gasteiger partial charge in [0.15, 0.2) is 6.61 Å². The number of anilines is 1. The number of rotatable bonds is 6. The lowest BCUT2D eigenvalue weighted by atomic mass is 9.97. The predicted octanol–water partition coefficient (Wildman–Crippen LogP) is 4.24. The van der Waals surface area contributed by atoms with E-state index in [4.69, 9.17) is 9.15 Å². The molecule has 0 radical (unpaired) electrons. The monoisotopic (exact) mass is 418 g/mol. The van der Waals surface area contributed by atoms with Crippen LogP contribution in [0.3, 0.4) is 0 Å². The molecule has 1 aliphatic heterocycles. The Morgan fingerprint density at radius 1 is 1.13 bits per heavy atom. The van der Waals surface area contributed by atoms with Crippen LogP contribution in [0.2, 0.25) is 0 Å². The Morgan fingerprint density at radius 3 is 2.71 bits per heavy atom. The average Bonchev–Trinajstić information content (AvgIpc) is 3.22. The normalized spacial score (nSPS) is 13.7. The van der Waals surface area contributed by atoms with Gasteiger partial charge < -0.3 is 19.8 Å². The zero-order valence-corrected chi connectivity index (χ0v) is 18.0. The first-order chi connectivity index (χ1) is 14.9. The van der Waals surface area contributed by atoms with E-state index in [1.807, 2.05) is 51.1 Å². The third kappa shape index (κ3) is 4.63. The van der Waals surface area contributed by atoms with Crippen molar-refractivity contribution in [1.29, 1.82) is 0 Å². The van der Waals surface area contributed by atoms with Crippen molar-refractivity contribution in [3.05, 3.63) is 82.3 Å². The summed E-state index contributed by atoms with van der Waals surface area (Å²) in [6, 6.07) is 15.1. The minimum absolute atomic E-state index is 0.0182. The highest BCUT2D eigenvalue weighted by atomic mass is 16.5. The fourth-order valence-electron chi connectivity index (χ4n) is 3.82. The number of furan rings is 1. The fourth-order valence-corrected chi connectivity index (χ4v) is 3.82. The number of carbonyl (C=O) groups excluding carboxylic acids is 2. The molecule has 6 nitrogen and oxygen atoms in total. The van der Waals surface area contributed by atoms with E-state index in [1.54, 1.807) is 12.1 Å². The zero-order chi connectivity index (χ0) is 22.0. The van der Waals surface area contributed by atoms with E-state index in [2.05, 4.69) is 16.7 Å². The number of benzene rings is 2. The minimum atomic E-state index is -0.374. The van der Waals surface area contributed by atoms with Gasteiger partial charge in [0.2, 0.25) is 5.91 Å². The Bertz CT molecular complexity index is 1130. The standard InChI is InChI=1S/C25H26N2O4/c1-4-18-7-10-21(31-18)25(19-8-5-15(2)11-16(19)3)27-23(28)13-17-6-9-20-22(12-17)30-14-24(29)26-20/h5-12,25H,4,13-14H2,1-3H3,(H,26,29)(H,27,28). The van der Waals surface area contributed by atoms with Crippen LogP contribution < -0.4 is 15.4 Å². The number of fused-ring (bicyclic) bond motifs is 1. The van der Waals surface area contributed by atoms with Gasteiger partial charge in [-0.3, -0.25) is 9.59 Å². The van der Waals surface area contributed by atoms with Crippen molar-refractivity contribution >= 4 is 17.5 Å². The first kappa shape index (κ1) is 20.7. The number of amides is 2. The van der Waals surface area contributed by atoms with E-state index in [0.717, 1.165) is 28.9 Å². The molecule has 0 fully saturated rings. The van der Waals surface area contributed by atoms with E-state index >= 15 is 0 Å².